The Hall–Kier alpha value is -0.520. The van der Waals surface area contributed by atoms with Gasteiger partial charge < -0.3 is 0 Å². The van der Waals surface area contributed by atoms with Gasteiger partial charge in [0, 0.05) is 0 Å². The molecule has 96 valence electrons. The molecule has 0 aromatic heterocycles. The molecule has 0 unspecified atom stereocenters. The molecule has 0 N–H and O–H groups in total. The molecule has 0 radical (unpaired) electrons. The van der Waals surface area contributed by atoms with E-state index in [0.29, 0.717) is 0 Å². The summed E-state index contributed by atoms with van der Waals surface area (Å²) in [5.74, 6) is 0. The Morgan fingerprint density at radius 1 is 0.625 bits per heavy atom. The summed E-state index contributed by atoms with van der Waals surface area (Å²) in [6.07, 6.45) is 19.4. The highest BCUT2D eigenvalue weighted by Gasteiger charge is 1.79. The van der Waals surface area contributed by atoms with E-state index < -0.39 is 0 Å². The minimum atomic E-state index is 1.27. The van der Waals surface area contributed by atoms with Crippen LogP contribution in [0.3, 0.4) is 0 Å². The Labute approximate surface area is 104 Å². The van der Waals surface area contributed by atoms with Crippen LogP contribution in [0.4, 0.5) is 0 Å². The van der Waals surface area contributed by atoms with Crippen molar-refractivity contribution in [1.82, 2.24) is 0 Å². The molecule has 0 fully saturated rings. The summed E-state index contributed by atoms with van der Waals surface area (Å²) >= 11 is 0. The molecule has 0 rings (SSSR count). The number of rotatable bonds is 8. The number of allylic oxidation sites excluding steroid dienone is 4. The summed E-state index contributed by atoms with van der Waals surface area (Å²) in [6, 6.07) is 0. The van der Waals surface area contributed by atoms with Gasteiger partial charge in [-0.1, -0.05) is 63.8 Å². The molecule has 0 aromatic carbocycles. The maximum absolute atomic E-state index is 2.23. The molecule has 0 aliphatic rings. The van der Waals surface area contributed by atoms with E-state index in [0.717, 1.165) is 0 Å². The zero-order valence-electron chi connectivity index (χ0n) is 12.0. The van der Waals surface area contributed by atoms with Gasteiger partial charge in [0.05, 0.1) is 0 Å². The minimum absolute atomic E-state index is 1.27. The molecule has 0 heteroatoms. The van der Waals surface area contributed by atoms with Crippen molar-refractivity contribution in [3.8, 4) is 0 Å². The monoisotopic (exact) mass is 224 g/mol. The molecule has 0 saturated heterocycles. The summed E-state index contributed by atoms with van der Waals surface area (Å²) in [5, 5.41) is 0. The van der Waals surface area contributed by atoms with Gasteiger partial charge in [-0.25, -0.2) is 0 Å². The molecule has 16 heavy (non-hydrogen) atoms. The highest BCUT2D eigenvalue weighted by Crippen LogP contribution is 1.99. The van der Waals surface area contributed by atoms with Crippen LogP contribution in [-0.2, 0) is 0 Å². The van der Waals surface area contributed by atoms with Crippen LogP contribution in [0.25, 0.3) is 0 Å². The first-order chi connectivity index (χ1) is 7.83. The fourth-order valence-corrected chi connectivity index (χ4v) is 1.36. The fraction of sp³-hybridized carbons (Fsp3) is 0.750. The third kappa shape index (κ3) is 23.4. The fourth-order valence-electron chi connectivity index (χ4n) is 1.36. The summed E-state index contributed by atoms with van der Waals surface area (Å²) in [7, 11) is 0. The number of hydrogen-bond donors (Lipinski definition) is 0. The molecule has 0 saturated carbocycles. The molecule has 0 spiro atoms. The van der Waals surface area contributed by atoms with Crippen LogP contribution in [0.2, 0.25) is 0 Å². The van der Waals surface area contributed by atoms with Crippen LogP contribution in [-0.4, -0.2) is 0 Å². The first kappa shape index (κ1) is 17.9. The van der Waals surface area contributed by atoms with E-state index in [9.17, 15) is 0 Å². The Balaban J connectivity index is 0. The van der Waals surface area contributed by atoms with Crippen molar-refractivity contribution in [1.29, 1.82) is 0 Å². The summed E-state index contributed by atoms with van der Waals surface area (Å²) in [5.41, 5.74) is 0. The van der Waals surface area contributed by atoms with E-state index >= 15 is 0 Å². The van der Waals surface area contributed by atoms with Crippen LogP contribution >= 0.6 is 0 Å². The Morgan fingerprint density at radius 3 is 1.25 bits per heavy atom. The topological polar surface area (TPSA) is 0 Å². The van der Waals surface area contributed by atoms with Gasteiger partial charge in [0.2, 0.25) is 0 Å². The quantitative estimate of drug-likeness (QED) is 0.336. The minimum Gasteiger partial charge on any atom is -0.0917 e. The lowest BCUT2D eigenvalue weighted by molar-refractivity contribution is 0.729. The van der Waals surface area contributed by atoms with Crippen molar-refractivity contribution in [3.63, 3.8) is 0 Å². The van der Waals surface area contributed by atoms with Crippen molar-refractivity contribution in [2.75, 3.05) is 0 Å². The molecular weight excluding hydrogens is 192 g/mol. The number of hydrogen-bond acceptors (Lipinski definition) is 0. The average molecular weight is 224 g/mol. The molecule has 0 bridgehead atoms. The van der Waals surface area contributed by atoms with Gasteiger partial charge in [0.1, 0.15) is 0 Å². The second kappa shape index (κ2) is 20.0. The standard InChI is InChI=1S/2C8H16/c2*1-3-5-7-8-6-4-2/h2*3,5H,4,6-8H2,1-2H3/b2*5-3+. The van der Waals surface area contributed by atoms with Gasteiger partial charge in [0.15, 0.2) is 0 Å². The first-order valence-corrected chi connectivity index (χ1v) is 7.05. The SMILES string of the molecule is C/C=C/CCCCC.C/C=C/CCCCC. The summed E-state index contributed by atoms with van der Waals surface area (Å²) in [6.45, 7) is 8.61. The van der Waals surface area contributed by atoms with Crippen molar-refractivity contribution in [2.24, 2.45) is 0 Å². The molecule has 0 nitrogen and oxygen atoms in total. The van der Waals surface area contributed by atoms with Crippen LogP contribution < -0.4 is 0 Å². The summed E-state index contributed by atoms with van der Waals surface area (Å²) in [4.78, 5) is 0. The Morgan fingerprint density at radius 2 is 1.00 bits per heavy atom. The second-order valence-corrected chi connectivity index (χ2v) is 4.13. The third-order valence-corrected chi connectivity index (χ3v) is 2.42. The lowest BCUT2D eigenvalue weighted by Gasteiger charge is -1.88. The van der Waals surface area contributed by atoms with Gasteiger partial charge in [-0.05, 0) is 39.5 Å². The predicted molar refractivity (Wildman–Crippen MR) is 77.9 cm³/mol. The highest BCUT2D eigenvalue weighted by molar-refractivity contribution is 4.76. The van der Waals surface area contributed by atoms with Gasteiger partial charge in [0.25, 0.3) is 0 Å². The maximum atomic E-state index is 2.23. The lowest BCUT2D eigenvalue weighted by atomic mass is 10.2. The van der Waals surface area contributed by atoms with Gasteiger partial charge in [-0.3, -0.25) is 0 Å². The van der Waals surface area contributed by atoms with Gasteiger partial charge in [-0.15, -0.1) is 0 Å². The molecule has 0 aromatic rings. The van der Waals surface area contributed by atoms with Crippen LogP contribution in [0.5, 0.6) is 0 Å². The zero-order chi connectivity index (χ0) is 12.5. The van der Waals surface area contributed by atoms with E-state index in [1.807, 2.05) is 0 Å². The normalized spacial score (nSPS) is 10.8. The molecule has 0 aliphatic carbocycles. The zero-order valence-corrected chi connectivity index (χ0v) is 12.0. The van der Waals surface area contributed by atoms with Crippen LogP contribution in [0.15, 0.2) is 24.3 Å². The Kier molecular flexibility index (Phi) is 22.3. The largest absolute Gasteiger partial charge is 0.0917 e. The third-order valence-electron chi connectivity index (χ3n) is 2.42. The van der Waals surface area contributed by atoms with E-state index in [2.05, 4.69) is 52.0 Å². The van der Waals surface area contributed by atoms with E-state index in [1.54, 1.807) is 0 Å². The molecule has 0 aliphatic heterocycles. The molecule has 0 heterocycles. The van der Waals surface area contributed by atoms with Crippen molar-refractivity contribution >= 4 is 0 Å². The lowest BCUT2D eigenvalue weighted by Crippen LogP contribution is -1.68. The molecule has 0 atom stereocenters. The first-order valence-electron chi connectivity index (χ1n) is 7.05. The van der Waals surface area contributed by atoms with Gasteiger partial charge in [-0.2, -0.15) is 0 Å². The van der Waals surface area contributed by atoms with Crippen molar-refractivity contribution in [2.45, 2.75) is 79.1 Å². The van der Waals surface area contributed by atoms with E-state index in [-0.39, 0.29) is 0 Å². The smallest absolute Gasteiger partial charge is 0.0351 e. The second-order valence-electron chi connectivity index (χ2n) is 4.13. The molecular formula is C16H32. The van der Waals surface area contributed by atoms with E-state index in [1.165, 1.54) is 51.4 Å². The van der Waals surface area contributed by atoms with E-state index in [4.69, 9.17) is 0 Å². The molecule has 0 amide bonds. The summed E-state index contributed by atoms with van der Waals surface area (Å²) < 4.78 is 0. The van der Waals surface area contributed by atoms with Crippen LogP contribution in [0.1, 0.15) is 79.1 Å². The van der Waals surface area contributed by atoms with Crippen molar-refractivity contribution in [3.05, 3.63) is 24.3 Å². The van der Waals surface area contributed by atoms with Gasteiger partial charge >= 0.3 is 0 Å². The van der Waals surface area contributed by atoms with Crippen LogP contribution in [0, 0.1) is 0 Å². The average Bonchev–Trinajstić information content (AvgIpc) is 2.31. The number of unbranched alkanes of at least 4 members (excludes halogenated alkanes) is 6. The van der Waals surface area contributed by atoms with Crippen molar-refractivity contribution < 1.29 is 0 Å². The predicted octanol–water partition coefficient (Wildman–Crippen LogP) is 6.29. The highest BCUT2D eigenvalue weighted by atomic mass is 13.9. The maximum Gasteiger partial charge on any atom is -0.0351 e. The Bertz CT molecular complexity index is 124.